The lowest BCUT2D eigenvalue weighted by Crippen LogP contribution is -2.13. The van der Waals surface area contributed by atoms with Crippen LogP contribution in [-0.4, -0.2) is 10.5 Å². The number of amides is 1. The van der Waals surface area contributed by atoms with Crippen LogP contribution in [-0.2, 0) is 11.2 Å². The van der Waals surface area contributed by atoms with Crippen LogP contribution in [0.4, 0.5) is 0 Å². The first-order chi connectivity index (χ1) is 8.65. The fourth-order valence-electron chi connectivity index (χ4n) is 2.51. The molecule has 0 bridgehead atoms. The van der Waals surface area contributed by atoms with E-state index >= 15 is 0 Å². The van der Waals surface area contributed by atoms with Crippen molar-refractivity contribution in [2.45, 2.75) is 39.2 Å². The minimum Gasteiger partial charge on any atom is -0.369 e. The Morgan fingerprint density at radius 3 is 2.61 bits per heavy atom. The van der Waals surface area contributed by atoms with Gasteiger partial charge in [0.25, 0.3) is 0 Å². The fraction of sp³-hybridized carbons (Fsp3) is 0.400. The lowest BCUT2D eigenvalue weighted by molar-refractivity contribution is -0.117. The van der Waals surface area contributed by atoms with Crippen molar-refractivity contribution in [3.05, 3.63) is 36.0 Å². The molecule has 1 amide bonds. The second-order valence-electron chi connectivity index (χ2n) is 4.73. The van der Waals surface area contributed by atoms with Crippen molar-refractivity contribution in [1.82, 2.24) is 4.57 Å². The third-order valence-electron chi connectivity index (χ3n) is 3.50. The summed E-state index contributed by atoms with van der Waals surface area (Å²) in [6, 6.07) is 8.77. The first kappa shape index (κ1) is 12.7. The summed E-state index contributed by atoms with van der Waals surface area (Å²) in [6.45, 7) is 4.40. The van der Waals surface area contributed by atoms with Gasteiger partial charge in [-0.1, -0.05) is 26.0 Å². The molecule has 0 aliphatic rings. The van der Waals surface area contributed by atoms with Crippen molar-refractivity contribution < 1.29 is 4.79 Å². The summed E-state index contributed by atoms with van der Waals surface area (Å²) < 4.78 is 2.31. The maximum Gasteiger partial charge on any atom is 0.221 e. The molecule has 0 aliphatic heterocycles. The number of hydrogen-bond donors (Lipinski definition) is 1. The van der Waals surface area contributed by atoms with Crippen LogP contribution in [0, 0.1) is 0 Å². The number of nitrogens with zero attached hydrogens (tertiary/aromatic N) is 1. The predicted octanol–water partition coefficient (Wildman–Crippen LogP) is 3.03. The molecule has 0 spiro atoms. The van der Waals surface area contributed by atoms with E-state index in [-0.39, 0.29) is 5.91 Å². The van der Waals surface area contributed by atoms with Gasteiger partial charge in [0.05, 0.1) is 6.42 Å². The summed E-state index contributed by atoms with van der Waals surface area (Å²) in [6.07, 6.45) is 4.67. The largest absolute Gasteiger partial charge is 0.369 e. The number of benzene rings is 1. The third-order valence-corrected chi connectivity index (χ3v) is 3.50. The van der Waals surface area contributed by atoms with E-state index in [1.807, 2.05) is 6.07 Å². The average Bonchev–Trinajstić information content (AvgIpc) is 2.74. The molecule has 18 heavy (non-hydrogen) atoms. The zero-order chi connectivity index (χ0) is 13.1. The van der Waals surface area contributed by atoms with Crippen LogP contribution in [0.5, 0.6) is 0 Å². The standard InChI is InChI=1S/C15H20N2O/c1-3-13(4-2)17-8-7-12-6-5-11(9-14(12)17)10-15(16)18/h5-9,13H,3-4,10H2,1-2H3,(H2,16,18). The monoisotopic (exact) mass is 244 g/mol. The molecule has 3 heteroatoms. The maximum atomic E-state index is 11.0. The molecule has 1 heterocycles. The van der Waals surface area contributed by atoms with Crippen molar-refractivity contribution in [3.63, 3.8) is 0 Å². The van der Waals surface area contributed by atoms with Crippen LogP contribution >= 0.6 is 0 Å². The van der Waals surface area contributed by atoms with Crippen LogP contribution in [0.2, 0.25) is 0 Å². The molecular formula is C15H20N2O. The molecule has 2 rings (SSSR count). The fourth-order valence-corrected chi connectivity index (χ4v) is 2.51. The summed E-state index contributed by atoms with van der Waals surface area (Å²) in [5.74, 6) is -0.282. The summed E-state index contributed by atoms with van der Waals surface area (Å²) in [5.41, 5.74) is 7.43. The highest BCUT2D eigenvalue weighted by molar-refractivity contribution is 5.83. The van der Waals surface area contributed by atoms with Crippen molar-refractivity contribution in [2.24, 2.45) is 5.73 Å². The van der Waals surface area contributed by atoms with Gasteiger partial charge in [0.1, 0.15) is 0 Å². The highest BCUT2D eigenvalue weighted by Gasteiger charge is 2.10. The molecule has 0 atom stereocenters. The Bertz CT molecular complexity index is 553. The van der Waals surface area contributed by atoms with Gasteiger partial charge < -0.3 is 10.3 Å². The molecule has 2 N–H and O–H groups in total. The van der Waals surface area contributed by atoms with Gasteiger partial charge in [-0.2, -0.15) is 0 Å². The summed E-state index contributed by atoms with van der Waals surface area (Å²) in [7, 11) is 0. The molecule has 0 radical (unpaired) electrons. The Balaban J connectivity index is 2.45. The zero-order valence-corrected chi connectivity index (χ0v) is 11.0. The quantitative estimate of drug-likeness (QED) is 0.863. The lowest BCUT2D eigenvalue weighted by atomic mass is 10.1. The van der Waals surface area contributed by atoms with Crippen molar-refractivity contribution in [2.75, 3.05) is 0 Å². The Morgan fingerprint density at radius 2 is 2.00 bits per heavy atom. The van der Waals surface area contributed by atoms with Crippen molar-refractivity contribution in [3.8, 4) is 0 Å². The van der Waals surface area contributed by atoms with Gasteiger partial charge in [-0.15, -0.1) is 0 Å². The molecule has 2 aromatic rings. The second kappa shape index (κ2) is 5.25. The molecule has 1 aromatic carbocycles. The molecule has 0 saturated carbocycles. The third kappa shape index (κ3) is 2.40. The van der Waals surface area contributed by atoms with Gasteiger partial charge in [0.15, 0.2) is 0 Å². The molecule has 0 saturated heterocycles. The number of primary amides is 1. The number of nitrogens with two attached hydrogens (primary N) is 1. The van der Waals surface area contributed by atoms with Gasteiger partial charge in [-0.3, -0.25) is 4.79 Å². The van der Waals surface area contributed by atoms with E-state index in [9.17, 15) is 4.79 Å². The Labute approximate surface area is 108 Å². The minimum atomic E-state index is -0.282. The van der Waals surface area contributed by atoms with E-state index in [0.717, 1.165) is 18.4 Å². The summed E-state index contributed by atoms with van der Waals surface area (Å²) >= 11 is 0. The number of carbonyl (C=O) groups is 1. The van der Waals surface area contributed by atoms with E-state index < -0.39 is 0 Å². The SMILES string of the molecule is CCC(CC)n1ccc2ccc(CC(N)=O)cc21. The average molecular weight is 244 g/mol. The number of carbonyl (C=O) groups excluding carboxylic acids is 1. The molecule has 0 aliphatic carbocycles. The van der Waals surface area contributed by atoms with E-state index in [1.54, 1.807) is 0 Å². The molecular weight excluding hydrogens is 224 g/mol. The van der Waals surface area contributed by atoms with E-state index in [1.165, 1.54) is 10.9 Å². The zero-order valence-electron chi connectivity index (χ0n) is 11.0. The second-order valence-corrected chi connectivity index (χ2v) is 4.73. The normalized spacial score (nSPS) is 11.3. The van der Waals surface area contributed by atoms with E-state index in [0.29, 0.717) is 12.5 Å². The molecule has 96 valence electrons. The molecule has 1 aromatic heterocycles. The lowest BCUT2D eigenvalue weighted by Gasteiger charge is -2.16. The van der Waals surface area contributed by atoms with Gasteiger partial charge >= 0.3 is 0 Å². The van der Waals surface area contributed by atoms with Gasteiger partial charge in [0.2, 0.25) is 5.91 Å². The smallest absolute Gasteiger partial charge is 0.221 e. The first-order valence-electron chi connectivity index (χ1n) is 6.53. The van der Waals surface area contributed by atoms with Gasteiger partial charge in [-0.25, -0.2) is 0 Å². The van der Waals surface area contributed by atoms with E-state index in [2.05, 4.69) is 42.8 Å². The van der Waals surface area contributed by atoms with Crippen LogP contribution < -0.4 is 5.73 Å². The highest BCUT2D eigenvalue weighted by atomic mass is 16.1. The predicted molar refractivity (Wildman–Crippen MR) is 74.5 cm³/mol. The maximum absolute atomic E-state index is 11.0. The minimum absolute atomic E-state index is 0.282. The van der Waals surface area contributed by atoms with Gasteiger partial charge in [-0.05, 0) is 35.9 Å². The number of hydrogen-bond acceptors (Lipinski definition) is 1. The number of rotatable bonds is 5. The van der Waals surface area contributed by atoms with Crippen molar-refractivity contribution in [1.29, 1.82) is 0 Å². The molecule has 0 fully saturated rings. The molecule has 3 nitrogen and oxygen atoms in total. The summed E-state index contributed by atoms with van der Waals surface area (Å²) in [5, 5.41) is 1.22. The van der Waals surface area contributed by atoms with Crippen LogP contribution in [0.3, 0.4) is 0 Å². The van der Waals surface area contributed by atoms with Crippen LogP contribution in [0.1, 0.15) is 38.3 Å². The Hall–Kier alpha value is -1.77. The topological polar surface area (TPSA) is 48.0 Å². The Kier molecular flexibility index (Phi) is 3.70. The van der Waals surface area contributed by atoms with Gasteiger partial charge in [0, 0.05) is 17.8 Å². The first-order valence-corrected chi connectivity index (χ1v) is 6.53. The number of aromatic nitrogens is 1. The van der Waals surface area contributed by atoms with Crippen LogP contribution in [0.25, 0.3) is 10.9 Å². The van der Waals surface area contributed by atoms with Crippen LogP contribution in [0.15, 0.2) is 30.5 Å². The van der Waals surface area contributed by atoms with Crippen molar-refractivity contribution >= 4 is 16.8 Å². The highest BCUT2D eigenvalue weighted by Crippen LogP contribution is 2.25. The van der Waals surface area contributed by atoms with E-state index in [4.69, 9.17) is 5.73 Å². The molecule has 0 unspecified atom stereocenters. The summed E-state index contributed by atoms with van der Waals surface area (Å²) in [4.78, 5) is 11.0. The number of fused-ring (bicyclic) bond motifs is 1. The Morgan fingerprint density at radius 1 is 1.28 bits per heavy atom.